The summed E-state index contributed by atoms with van der Waals surface area (Å²) in [6, 6.07) is 14.9. The van der Waals surface area contributed by atoms with Crippen LogP contribution < -0.4 is 4.72 Å². The van der Waals surface area contributed by atoms with Crippen molar-refractivity contribution in [2.45, 2.75) is 11.4 Å². The van der Waals surface area contributed by atoms with Crippen LogP contribution in [-0.2, 0) is 21.3 Å². The second-order valence-corrected chi connectivity index (χ2v) is 7.97. The first kappa shape index (κ1) is 22.3. The number of hydrogen-bond donors (Lipinski definition) is 1. The van der Waals surface area contributed by atoms with Crippen molar-refractivity contribution in [2.75, 3.05) is 26.8 Å². The van der Waals surface area contributed by atoms with E-state index in [0.29, 0.717) is 18.7 Å². The predicted octanol–water partition coefficient (Wildman–Crippen LogP) is 2.31. The number of nitrogens with zero attached hydrogens (tertiary/aromatic N) is 2. The molecule has 0 aromatic heterocycles. The zero-order chi connectivity index (χ0) is 21.3. The molecule has 0 aliphatic heterocycles. The molecule has 7 nitrogen and oxygen atoms in total. The number of carbonyl (C=O) groups excluding carboxylic acids is 1. The lowest BCUT2D eigenvalue weighted by Gasteiger charge is -2.22. The van der Waals surface area contributed by atoms with Gasteiger partial charge in [-0.3, -0.25) is 4.79 Å². The van der Waals surface area contributed by atoms with E-state index < -0.39 is 10.0 Å². The minimum absolute atomic E-state index is 0.0105. The summed E-state index contributed by atoms with van der Waals surface area (Å²) in [6.45, 7) is 4.67. The van der Waals surface area contributed by atoms with Crippen LogP contribution in [0.25, 0.3) is 0 Å². The minimum atomic E-state index is -3.74. The maximum atomic E-state index is 13.0. The van der Waals surface area contributed by atoms with Gasteiger partial charge in [-0.15, -0.1) is 6.58 Å². The minimum Gasteiger partial charge on any atom is -0.383 e. The van der Waals surface area contributed by atoms with E-state index in [4.69, 9.17) is 10.00 Å². The van der Waals surface area contributed by atoms with E-state index in [9.17, 15) is 13.2 Å². The fraction of sp³-hybridized carbons (Fsp3) is 0.238. The molecular formula is C21H23N3O4S. The number of nitriles is 1. The average Bonchev–Trinajstić information content (AvgIpc) is 2.73. The number of ether oxygens (including phenoxy) is 1. The molecule has 29 heavy (non-hydrogen) atoms. The van der Waals surface area contributed by atoms with E-state index in [2.05, 4.69) is 17.4 Å². The largest absolute Gasteiger partial charge is 0.383 e. The number of rotatable bonds is 10. The fourth-order valence-corrected chi connectivity index (χ4v) is 3.68. The molecule has 152 valence electrons. The molecular weight excluding hydrogens is 390 g/mol. The molecule has 2 aromatic rings. The Bertz CT molecular complexity index is 995. The van der Waals surface area contributed by atoms with Gasteiger partial charge in [-0.2, -0.15) is 5.26 Å². The van der Waals surface area contributed by atoms with Gasteiger partial charge in [0.1, 0.15) is 0 Å². The lowest BCUT2D eigenvalue weighted by Crippen LogP contribution is -2.31. The summed E-state index contributed by atoms with van der Waals surface area (Å²) in [5.74, 6) is -0.316. The highest BCUT2D eigenvalue weighted by Crippen LogP contribution is 2.15. The summed E-state index contributed by atoms with van der Waals surface area (Å²) < 4.78 is 32.1. The number of nitrogens with one attached hydrogen (secondary N) is 1. The van der Waals surface area contributed by atoms with Gasteiger partial charge in [0.2, 0.25) is 10.0 Å². The molecule has 0 fully saturated rings. The van der Waals surface area contributed by atoms with Crippen molar-refractivity contribution in [2.24, 2.45) is 0 Å². The molecule has 0 spiro atoms. The van der Waals surface area contributed by atoms with Crippen molar-refractivity contribution in [1.29, 1.82) is 5.26 Å². The third kappa shape index (κ3) is 6.26. The molecule has 0 saturated heterocycles. The van der Waals surface area contributed by atoms with Gasteiger partial charge in [0.15, 0.2) is 0 Å². The topological polar surface area (TPSA) is 99.5 Å². The molecule has 0 unspecified atom stereocenters. The van der Waals surface area contributed by atoms with Gasteiger partial charge in [0.25, 0.3) is 5.91 Å². The Morgan fingerprint density at radius 3 is 2.62 bits per heavy atom. The first-order chi connectivity index (χ1) is 13.9. The quantitative estimate of drug-likeness (QED) is 0.476. The average molecular weight is 413 g/mol. The number of methoxy groups -OCH3 is 1. The van der Waals surface area contributed by atoms with E-state index in [-0.39, 0.29) is 29.5 Å². The molecule has 1 N–H and O–H groups in total. The molecule has 1 amide bonds. The van der Waals surface area contributed by atoms with Crippen LogP contribution in [0.15, 0.2) is 66.1 Å². The zero-order valence-corrected chi connectivity index (χ0v) is 17.0. The highest BCUT2D eigenvalue weighted by molar-refractivity contribution is 7.89. The molecule has 0 atom stereocenters. The molecule has 2 aromatic carbocycles. The third-order valence-corrected chi connectivity index (χ3v) is 5.54. The van der Waals surface area contributed by atoms with E-state index in [1.807, 2.05) is 0 Å². The Morgan fingerprint density at radius 2 is 2.00 bits per heavy atom. The summed E-state index contributed by atoms with van der Waals surface area (Å²) >= 11 is 0. The monoisotopic (exact) mass is 413 g/mol. The molecule has 0 bridgehead atoms. The van der Waals surface area contributed by atoms with E-state index in [1.165, 1.54) is 25.3 Å². The summed E-state index contributed by atoms with van der Waals surface area (Å²) in [7, 11) is -2.26. The van der Waals surface area contributed by atoms with Crippen LogP contribution in [0.2, 0.25) is 0 Å². The third-order valence-electron chi connectivity index (χ3n) is 4.08. The summed E-state index contributed by atoms with van der Waals surface area (Å²) in [5, 5.41) is 8.90. The Morgan fingerprint density at radius 1 is 1.28 bits per heavy atom. The fourth-order valence-electron chi connectivity index (χ4n) is 2.62. The molecule has 2 rings (SSSR count). The van der Waals surface area contributed by atoms with Gasteiger partial charge in [-0.25, -0.2) is 13.1 Å². The van der Waals surface area contributed by atoms with Crippen molar-refractivity contribution in [3.8, 4) is 6.07 Å². The Hall–Kier alpha value is -2.99. The van der Waals surface area contributed by atoms with Crippen molar-refractivity contribution < 1.29 is 17.9 Å². The van der Waals surface area contributed by atoms with Crippen molar-refractivity contribution in [1.82, 2.24) is 9.62 Å². The predicted molar refractivity (Wildman–Crippen MR) is 110 cm³/mol. The standard InChI is InChI=1S/C21H23N3O4S/c1-3-12-24(16-18-9-7-17(15-22)8-10-18)21(25)19-5-4-6-20(14-19)29(26,27)23-11-13-28-2/h3-10,14,23H,1,11-13,16H2,2H3. The van der Waals surface area contributed by atoms with Gasteiger partial charge >= 0.3 is 0 Å². The van der Waals surface area contributed by atoms with Crippen LogP contribution in [0, 0.1) is 11.3 Å². The molecule has 0 heterocycles. The highest BCUT2D eigenvalue weighted by atomic mass is 32.2. The lowest BCUT2D eigenvalue weighted by atomic mass is 10.1. The van der Waals surface area contributed by atoms with Gasteiger partial charge in [-0.05, 0) is 35.9 Å². The normalized spacial score (nSPS) is 10.9. The van der Waals surface area contributed by atoms with Gasteiger partial charge in [0, 0.05) is 32.3 Å². The summed E-state index contributed by atoms with van der Waals surface area (Å²) in [5.41, 5.74) is 1.65. The zero-order valence-electron chi connectivity index (χ0n) is 16.2. The SMILES string of the molecule is C=CCN(Cc1ccc(C#N)cc1)C(=O)c1cccc(S(=O)(=O)NCCOC)c1. The number of amides is 1. The van der Waals surface area contributed by atoms with Gasteiger partial charge < -0.3 is 9.64 Å². The summed E-state index contributed by atoms with van der Waals surface area (Å²) in [6.07, 6.45) is 1.61. The van der Waals surface area contributed by atoms with Gasteiger partial charge in [-0.1, -0.05) is 24.3 Å². The Kier molecular flexibility index (Phi) is 8.09. The number of hydrogen-bond acceptors (Lipinski definition) is 5. The van der Waals surface area contributed by atoms with Crippen molar-refractivity contribution >= 4 is 15.9 Å². The molecule has 0 aliphatic carbocycles. The molecule has 0 saturated carbocycles. The van der Waals surface area contributed by atoms with Gasteiger partial charge in [0.05, 0.1) is 23.1 Å². The van der Waals surface area contributed by atoms with Crippen LogP contribution in [0.1, 0.15) is 21.5 Å². The molecule has 8 heteroatoms. The first-order valence-corrected chi connectivity index (χ1v) is 10.4. The maximum absolute atomic E-state index is 13.0. The Balaban J connectivity index is 2.22. The van der Waals surface area contributed by atoms with Crippen LogP contribution >= 0.6 is 0 Å². The van der Waals surface area contributed by atoms with Crippen LogP contribution in [0.4, 0.5) is 0 Å². The highest BCUT2D eigenvalue weighted by Gasteiger charge is 2.19. The van der Waals surface area contributed by atoms with E-state index in [0.717, 1.165) is 5.56 Å². The second kappa shape index (κ2) is 10.5. The van der Waals surface area contributed by atoms with Crippen molar-refractivity contribution in [3.05, 3.63) is 77.9 Å². The number of carbonyl (C=O) groups is 1. The lowest BCUT2D eigenvalue weighted by molar-refractivity contribution is 0.0762. The first-order valence-electron chi connectivity index (χ1n) is 8.89. The number of sulfonamides is 1. The molecule has 0 aliphatic rings. The second-order valence-electron chi connectivity index (χ2n) is 6.20. The van der Waals surface area contributed by atoms with Crippen LogP contribution in [0.5, 0.6) is 0 Å². The van der Waals surface area contributed by atoms with Crippen LogP contribution in [0.3, 0.4) is 0 Å². The Labute approximate surface area is 171 Å². The van der Waals surface area contributed by atoms with Crippen LogP contribution in [-0.4, -0.2) is 46.0 Å². The molecule has 0 radical (unpaired) electrons. The summed E-state index contributed by atoms with van der Waals surface area (Å²) in [4.78, 5) is 14.6. The number of benzene rings is 2. The van der Waals surface area contributed by atoms with E-state index in [1.54, 1.807) is 41.3 Å². The van der Waals surface area contributed by atoms with E-state index >= 15 is 0 Å². The smallest absolute Gasteiger partial charge is 0.254 e. The maximum Gasteiger partial charge on any atom is 0.254 e. The van der Waals surface area contributed by atoms with Crippen molar-refractivity contribution in [3.63, 3.8) is 0 Å².